The van der Waals surface area contributed by atoms with Crippen LogP contribution in [-0.4, -0.2) is 23.9 Å². The summed E-state index contributed by atoms with van der Waals surface area (Å²) in [7, 11) is 0. The van der Waals surface area contributed by atoms with E-state index in [1.807, 2.05) is 0 Å². The maximum absolute atomic E-state index is 10.1. The van der Waals surface area contributed by atoms with Crippen LogP contribution in [0.1, 0.15) is 6.42 Å². The second-order valence-electron chi connectivity index (χ2n) is 2.44. The lowest BCUT2D eigenvalue weighted by Crippen LogP contribution is -2.69. The fourth-order valence-electron chi connectivity index (χ4n) is 0.669. The molecule has 0 bridgehead atoms. The molecule has 7 nitrogen and oxygen atoms in total. The first-order chi connectivity index (χ1) is 5.86. The topological polar surface area (TPSA) is 148 Å². The van der Waals surface area contributed by atoms with Gasteiger partial charge in [0.15, 0.2) is 0 Å². The Bertz CT molecular complexity index is 223. The molecule has 0 rings (SSSR count). The maximum Gasteiger partial charge on any atom is 0.125 e. The van der Waals surface area contributed by atoms with Crippen molar-refractivity contribution in [3.63, 3.8) is 0 Å². The van der Waals surface area contributed by atoms with Gasteiger partial charge in [-0.2, -0.15) is 0 Å². The average molecular weight is 189 g/mol. The molecule has 0 aliphatic rings. The van der Waals surface area contributed by atoms with E-state index in [-0.39, 0.29) is 0 Å². The van der Waals surface area contributed by atoms with Crippen molar-refractivity contribution in [3.05, 3.63) is 0 Å². The zero-order chi connectivity index (χ0) is 10.6. The standard InChI is InChI=1S/C6H9NO6/c7-3(6(12)13)1-2(4(8)9)5(10)11/h2-3H,1,7H2,(H,8,9)(H,10,11)(H,12,13)/p-2/t3-/m1/s1. The van der Waals surface area contributed by atoms with Gasteiger partial charge in [-0.1, -0.05) is 0 Å². The van der Waals surface area contributed by atoms with Crippen LogP contribution in [0.25, 0.3) is 0 Å². The Kier molecular flexibility index (Phi) is 3.86. The number of carboxylic acids is 3. The van der Waals surface area contributed by atoms with E-state index >= 15 is 0 Å². The van der Waals surface area contributed by atoms with Crippen molar-refractivity contribution in [2.24, 2.45) is 5.92 Å². The van der Waals surface area contributed by atoms with E-state index in [0.717, 1.165) is 0 Å². The normalized spacial score (nSPS) is 12.5. The van der Waals surface area contributed by atoms with Crippen molar-refractivity contribution in [1.82, 2.24) is 0 Å². The van der Waals surface area contributed by atoms with Gasteiger partial charge in [-0.25, -0.2) is 0 Å². The van der Waals surface area contributed by atoms with Gasteiger partial charge in [0, 0.05) is 12.3 Å². The van der Waals surface area contributed by atoms with E-state index in [1.54, 1.807) is 0 Å². The Hall–Kier alpha value is -1.63. The predicted molar refractivity (Wildman–Crippen MR) is 29.8 cm³/mol. The van der Waals surface area contributed by atoms with E-state index in [1.165, 1.54) is 0 Å². The van der Waals surface area contributed by atoms with Gasteiger partial charge in [-0.15, -0.1) is 0 Å². The number of carbonyl (C=O) groups excluding carboxylic acids is 3. The first kappa shape index (κ1) is 11.4. The fraction of sp³-hybridized carbons (Fsp3) is 0.500. The Morgan fingerprint density at radius 3 is 1.62 bits per heavy atom. The van der Waals surface area contributed by atoms with Crippen LogP contribution >= 0.6 is 0 Å². The molecule has 13 heavy (non-hydrogen) atoms. The number of rotatable bonds is 5. The second-order valence-corrected chi connectivity index (χ2v) is 2.44. The number of carboxylic acid groups (broad SMARTS) is 3. The molecule has 0 heterocycles. The molecule has 74 valence electrons. The van der Waals surface area contributed by atoms with E-state index in [0.29, 0.717) is 0 Å². The number of hydrogen-bond acceptors (Lipinski definition) is 6. The minimum Gasteiger partial charge on any atom is -0.549 e. The summed E-state index contributed by atoms with van der Waals surface area (Å²) in [6.07, 6.45) is -0.701. The van der Waals surface area contributed by atoms with E-state index in [2.05, 4.69) is 5.73 Å². The smallest absolute Gasteiger partial charge is 0.125 e. The third-order valence-electron chi connectivity index (χ3n) is 1.42. The van der Waals surface area contributed by atoms with Crippen LogP contribution in [-0.2, 0) is 14.4 Å². The van der Waals surface area contributed by atoms with Gasteiger partial charge in [0.2, 0.25) is 0 Å². The van der Waals surface area contributed by atoms with Crippen LogP contribution in [0.2, 0.25) is 0 Å². The number of hydrogen-bond donors (Lipinski definition) is 1. The molecular weight excluding hydrogens is 182 g/mol. The van der Waals surface area contributed by atoms with Gasteiger partial charge < -0.3 is 35.4 Å². The Morgan fingerprint density at radius 1 is 1.00 bits per heavy atom. The molecule has 0 radical (unpaired) electrons. The van der Waals surface area contributed by atoms with Crippen LogP contribution < -0.4 is 21.1 Å². The van der Waals surface area contributed by atoms with Crippen molar-refractivity contribution in [2.45, 2.75) is 12.5 Å². The highest BCUT2D eigenvalue weighted by atomic mass is 16.4. The summed E-state index contributed by atoms with van der Waals surface area (Å²) in [6, 6.07) is -1.42. The highest BCUT2D eigenvalue weighted by Crippen LogP contribution is 2.01. The van der Waals surface area contributed by atoms with Gasteiger partial charge in [-0.05, 0) is 0 Å². The van der Waals surface area contributed by atoms with Gasteiger partial charge >= 0.3 is 0 Å². The van der Waals surface area contributed by atoms with Crippen LogP contribution in [0.5, 0.6) is 0 Å². The molecule has 0 amide bonds. The van der Waals surface area contributed by atoms with Gasteiger partial charge in [0.1, 0.15) is 6.04 Å². The van der Waals surface area contributed by atoms with Crippen molar-refractivity contribution in [3.8, 4) is 0 Å². The van der Waals surface area contributed by atoms with E-state index in [4.69, 9.17) is 0 Å². The first-order valence-corrected chi connectivity index (χ1v) is 3.32. The lowest BCUT2D eigenvalue weighted by Gasteiger charge is -2.20. The SMILES string of the molecule is [NH3+][C@H](CC(C(=O)[O-])C(=O)[O-])C(=O)[O-]. The van der Waals surface area contributed by atoms with Gasteiger partial charge in [-0.3, -0.25) is 0 Å². The summed E-state index contributed by atoms with van der Waals surface area (Å²) >= 11 is 0. The highest BCUT2D eigenvalue weighted by molar-refractivity contribution is 5.91. The number of aliphatic carboxylic acids is 3. The third-order valence-corrected chi connectivity index (χ3v) is 1.42. The number of carbonyl (C=O) groups is 3. The second kappa shape index (κ2) is 4.41. The molecule has 0 aromatic carbocycles. The minimum atomic E-state index is -1.97. The molecule has 0 fully saturated rings. The van der Waals surface area contributed by atoms with Crippen LogP contribution in [0.4, 0.5) is 0 Å². The van der Waals surface area contributed by atoms with Crippen molar-refractivity contribution in [2.75, 3.05) is 0 Å². The van der Waals surface area contributed by atoms with Gasteiger partial charge in [0.25, 0.3) is 0 Å². The van der Waals surface area contributed by atoms with Crippen LogP contribution in [0, 0.1) is 5.92 Å². The molecular formula is C6H7NO6-2. The molecule has 3 N–H and O–H groups in total. The molecule has 0 spiro atoms. The van der Waals surface area contributed by atoms with Crippen molar-refractivity contribution >= 4 is 17.9 Å². The predicted octanol–water partition coefficient (Wildman–Crippen LogP) is -6.15. The van der Waals surface area contributed by atoms with Crippen LogP contribution in [0.15, 0.2) is 0 Å². The molecule has 1 atom stereocenters. The van der Waals surface area contributed by atoms with E-state index < -0.39 is 36.3 Å². The average Bonchev–Trinajstić information content (AvgIpc) is 1.97. The monoisotopic (exact) mass is 189 g/mol. The molecule has 0 aliphatic heterocycles. The molecule has 0 aliphatic carbocycles. The Balaban J connectivity index is 4.35. The zero-order valence-electron chi connectivity index (χ0n) is 6.52. The Morgan fingerprint density at radius 2 is 1.38 bits per heavy atom. The highest BCUT2D eigenvalue weighted by Gasteiger charge is 2.18. The summed E-state index contributed by atoms with van der Waals surface area (Å²) in [6.45, 7) is 0. The largest absolute Gasteiger partial charge is 0.549 e. The minimum absolute atomic E-state index is 0.701. The summed E-state index contributed by atoms with van der Waals surface area (Å²) in [4.78, 5) is 30.3. The summed E-state index contributed by atoms with van der Waals surface area (Å²) in [5.74, 6) is -7.38. The third kappa shape index (κ3) is 3.52. The van der Waals surface area contributed by atoms with Crippen molar-refractivity contribution in [1.29, 1.82) is 0 Å². The lowest BCUT2D eigenvalue weighted by molar-refractivity contribution is -0.441. The molecule has 0 saturated carbocycles. The molecule has 0 aromatic heterocycles. The summed E-state index contributed by atoms with van der Waals surface area (Å²) in [5.41, 5.74) is 3.00. The fourth-order valence-corrected chi connectivity index (χ4v) is 0.669. The number of quaternary nitrogens is 1. The summed E-state index contributed by atoms with van der Waals surface area (Å²) < 4.78 is 0. The maximum atomic E-state index is 10.1. The molecule has 0 saturated heterocycles. The van der Waals surface area contributed by atoms with Gasteiger partial charge in [0.05, 0.1) is 17.9 Å². The lowest BCUT2D eigenvalue weighted by atomic mass is 10.0. The molecule has 0 unspecified atom stereocenters. The molecule has 0 aromatic rings. The van der Waals surface area contributed by atoms with Crippen LogP contribution in [0.3, 0.4) is 0 Å². The quantitative estimate of drug-likeness (QED) is 0.425. The summed E-state index contributed by atoms with van der Waals surface area (Å²) in [5, 5.41) is 30.3. The first-order valence-electron chi connectivity index (χ1n) is 3.32. The Labute approximate surface area is 72.8 Å². The van der Waals surface area contributed by atoms with Crippen molar-refractivity contribution < 1.29 is 35.4 Å². The van der Waals surface area contributed by atoms with E-state index in [9.17, 15) is 29.7 Å². The molecule has 7 heteroatoms. The zero-order valence-corrected chi connectivity index (χ0v) is 6.52.